The van der Waals surface area contributed by atoms with Crippen LogP contribution in [0.4, 0.5) is 0 Å². The third kappa shape index (κ3) is 3.41. The molecule has 0 aliphatic rings. The fourth-order valence-corrected chi connectivity index (χ4v) is 5.01. The van der Waals surface area contributed by atoms with Crippen molar-refractivity contribution in [3.63, 3.8) is 0 Å². The molecule has 0 aromatic heterocycles. The zero-order chi connectivity index (χ0) is 22.2. The third-order valence-corrected chi connectivity index (χ3v) is 7.04. The van der Waals surface area contributed by atoms with Crippen LogP contribution in [-0.2, 0) is 0 Å². The van der Waals surface area contributed by atoms with E-state index in [1.807, 2.05) is 0 Å². The minimum absolute atomic E-state index is 0.502. The van der Waals surface area contributed by atoms with Gasteiger partial charge in [-0.3, -0.25) is 0 Å². The van der Waals surface area contributed by atoms with E-state index in [0.29, 0.717) is 5.92 Å². The van der Waals surface area contributed by atoms with Crippen LogP contribution in [0.3, 0.4) is 0 Å². The maximum atomic E-state index is 2.43. The molecule has 0 amide bonds. The summed E-state index contributed by atoms with van der Waals surface area (Å²) in [7, 11) is 0. The van der Waals surface area contributed by atoms with Crippen molar-refractivity contribution in [1.82, 2.24) is 0 Å². The molecule has 158 valence electrons. The van der Waals surface area contributed by atoms with Crippen molar-refractivity contribution in [2.24, 2.45) is 0 Å². The van der Waals surface area contributed by atoms with Gasteiger partial charge in [-0.2, -0.15) is 0 Å². The van der Waals surface area contributed by atoms with Crippen LogP contribution in [0.5, 0.6) is 0 Å². The van der Waals surface area contributed by atoms with E-state index in [1.54, 1.807) is 0 Å². The van der Waals surface area contributed by atoms with Gasteiger partial charge < -0.3 is 0 Å². The first kappa shape index (κ1) is 20.5. The van der Waals surface area contributed by atoms with Gasteiger partial charge in [-0.15, -0.1) is 0 Å². The number of benzene rings is 5. The molecule has 0 saturated carbocycles. The first-order valence-corrected chi connectivity index (χ1v) is 11.7. The minimum Gasteiger partial charge on any atom is -0.0648 e. The second kappa shape index (κ2) is 8.28. The largest absolute Gasteiger partial charge is 0.0648 e. The first-order valence-electron chi connectivity index (χ1n) is 11.7. The molecule has 0 spiro atoms. The Bertz CT molecular complexity index is 1420. The highest BCUT2D eigenvalue weighted by molar-refractivity contribution is 6.16. The van der Waals surface area contributed by atoms with Crippen LogP contribution in [0, 0.1) is 13.8 Å². The summed E-state index contributed by atoms with van der Waals surface area (Å²) in [5.41, 5.74) is 9.40. The molecule has 0 fully saturated rings. The average molecular weight is 415 g/mol. The van der Waals surface area contributed by atoms with E-state index in [2.05, 4.69) is 119 Å². The quantitative estimate of drug-likeness (QED) is 0.257. The standard InChI is InChI=1S/C32H30/c1-5-22(3)26-19-18-25(24-16-14-21(2)15-17-24)20-31(26)32-23(4)27-10-6-7-11-28(27)29-12-8-9-13-30(29)32/h6-20,22H,5H2,1-4H3. The Labute approximate surface area is 191 Å². The van der Waals surface area contributed by atoms with Crippen molar-refractivity contribution in [2.45, 2.75) is 40.0 Å². The highest BCUT2D eigenvalue weighted by Crippen LogP contribution is 2.43. The molecule has 0 aliphatic heterocycles. The molecule has 5 aromatic rings. The van der Waals surface area contributed by atoms with Crippen molar-refractivity contribution < 1.29 is 0 Å². The summed E-state index contributed by atoms with van der Waals surface area (Å²) >= 11 is 0. The fraction of sp³-hybridized carbons (Fsp3) is 0.188. The summed E-state index contributed by atoms with van der Waals surface area (Å²) in [4.78, 5) is 0. The lowest BCUT2D eigenvalue weighted by Gasteiger charge is -2.21. The smallest absolute Gasteiger partial charge is 0.00666 e. The fourth-order valence-electron chi connectivity index (χ4n) is 5.01. The topological polar surface area (TPSA) is 0 Å². The van der Waals surface area contributed by atoms with Gasteiger partial charge >= 0.3 is 0 Å². The van der Waals surface area contributed by atoms with Gasteiger partial charge in [0.05, 0.1) is 0 Å². The van der Waals surface area contributed by atoms with Gasteiger partial charge in [-0.25, -0.2) is 0 Å². The van der Waals surface area contributed by atoms with Crippen LogP contribution in [-0.4, -0.2) is 0 Å². The summed E-state index contributed by atoms with van der Waals surface area (Å²) < 4.78 is 0. The van der Waals surface area contributed by atoms with Gasteiger partial charge in [0.1, 0.15) is 0 Å². The molecule has 0 nitrogen and oxygen atoms in total. The molecule has 0 heteroatoms. The monoisotopic (exact) mass is 414 g/mol. The second-order valence-corrected chi connectivity index (χ2v) is 9.07. The number of hydrogen-bond acceptors (Lipinski definition) is 0. The minimum atomic E-state index is 0.502. The van der Waals surface area contributed by atoms with E-state index < -0.39 is 0 Å². The van der Waals surface area contributed by atoms with Crippen LogP contribution in [0.1, 0.15) is 42.9 Å². The van der Waals surface area contributed by atoms with Crippen molar-refractivity contribution >= 4 is 21.5 Å². The highest BCUT2D eigenvalue weighted by atomic mass is 14.2. The molecule has 1 atom stereocenters. The summed E-state index contributed by atoms with van der Waals surface area (Å²) in [6.45, 7) is 9.07. The summed E-state index contributed by atoms with van der Waals surface area (Å²) in [5.74, 6) is 0.502. The van der Waals surface area contributed by atoms with E-state index >= 15 is 0 Å². The number of hydrogen-bond donors (Lipinski definition) is 0. The van der Waals surface area contributed by atoms with Crippen LogP contribution in [0.25, 0.3) is 43.8 Å². The molecule has 0 heterocycles. The molecular weight excluding hydrogens is 384 g/mol. The molecule has 0 N–H and O–H groups in total. The first-order chi connectivity index (χ1) is 15.6. The van der Waals surface area contributed by atoms with Crippen molar-refractivity contribution in [3.05, 3.63) is 108 Å². The highest BCUT2D eigenvalue weighted by Gasteiger charge is 2.18. The van der Waals surface area contributed by atoms with Crippen LogP contribution >= 0.6 is 0 Å². The van der Waals surface area contributed by atoms with E-state index in [1.165, 1.54) is 60.5 Å². The lowest BCUT2D eigenvalue weighted by Crippen LogP contribution is -1.99. The van der Waals surface area contributed by atoms with Gasteiger partial charge in [-0.1, -0.05) is 104 Å². The Morgan fingerprint density at radius 1 is 0.625 bits per heavy atom. The summed E-state index contributed by atoms with van der Waals surface area (Å²) in [6, 6.07) is 33.7. The van der Waals surface area contributed by atoms with Crippen LogP contribution in [0.2, 0.25) is 0 Å². The van der Waals surface area contributed by atoms with Gasteiger partial charge in [0.25, 0.3) is 0 Å². The number of aryl methyl sites for hydroxylation is 2. The summed E-state index contributed by atoms with van der Waals surface area (Å²) in [5, 5.41) is 5.36. The van der Waals surface area contributed by atoms with E-state index in [-0.39, 0.29) is 0 Å². The lowest BCUT2D eigenvalue weighted by atomic mass is 9.82. The van der Waals surface area contributed by atoms with E-state index in [0.717, 1.165) is 6.42 Å². The Hall–Kier alpha value is -3.38. The Morgan fingerprint density at radius 3 is 1.84 bits per heavy atom. The molecule has 1 unspecified atom stereocenters. The molecule has 0 aliphatic carbocycles. The van der Waals surface area contributed by atoms with Crippen molar-refractivity contribution in [3.8, 4) is 22.3 Å². The van der Waals surface area contributed by atoms with E-state index in [4.69, 9.17) is 0 Å². The average Bonchev–Trinajstić information content (AvgIpc) is 2.84. The zero-order valence-corrected chi connectivity index (χ0v) is 19.4. The molecule has 32 heavy (non-hydrogen) atoms. The molecule has 5 rings (SSSR count). The van der Waals surface area contributed by atoms with Gasteiger partial charge in [0.15, 0.2) is 0 Å². The number of fused-ring (bicyclic) bond motifs is 3. The Balaban J connectivity index is 1.88. The lowest BCUT2D eigenvalue weighted by molar-refractivity contribution is 0.735. The van der Waals surface area contributed by atoms with Crippen LogP contribution in [0.15, 0.2) is 91.0 Å². The molecular formula is C32H30. The number of rotatable bonds is 4. The Morgan fingerprint density at radius 2 is 1.19 bits per heavy atom. The predicted octanol–water partition coefficient (Wildman–Crippen LogP) is 9.46. The van der Waals surface area contributed by atoms with Crippen molar-refractivity contribution in [1.29, 1.82) is 0 Å². The van der Waals surface area contributed by atoms with Gasteiger partial charge in [-0.05, 0) is 87.2 Å². The normalized spacial score (nSPS) is 12.4. The van der Waals surface area contributed by atoms with Crippen LogP contribution < -0.4 is 0 Å². The third-order valence-electron chi connectivity index (χ3n) is 7.04. The van der Waals surface area contributed by atoms with Gasteiger partial charge in [0, 0.05) is 0 Å². The molecule has 0 saturated heterocycles. The van der Waals surface area contributed by atoms with E-state index in [9.17, 15) is 0 Å². The van der Waals surface area contributed by atoms with Crippen molar-refractivity contribution in [2.75, 3.05) is 0 Å². The predicted molar refractivity (Wildman–Crippen MR) is 141 cm³/mol. The van der Waals surface area contributed by atoms with Gasteiger partial charge in [0.2, 0.25) is 0 Å². The Kier molecular flexibility index (Phi) is 5.31. The summed E-state index contributed by atoms with van der Waals surface area (Å²) in [6.07, 6.45) is 1.13. The SMILES string of the molecule is CCC(C)c1ccc(-c2ccc(C)cc2)cc1-c1c(C)c2ccccc2c2ccccc12. The molecule has 0 radical (unpaired) electrons. The maximum absolute atomic E-state index is 2.43. The maximum Gasteiger partial charge on any atom is -0.00666 e. The molecule has 5 aromatic carbocycles. The second-order valence-electron chi connectivity index (χ2n) is 9.07. The zero-order valence-electron chi connectivity index (χ0n) is 19.4. The molecule has 0 bridgehead atoms.